The van der Waals surface area contributed by atoms with Crippen molar-refractivity contribution in [2.45, 2.75) is 116 Å². The molecule has 1 aromatic carbocycles. The van der Waals surface area contributed by atoms with Crippen molar-refractivity contribution in [2.24, 2.45) is 23.2 Å². The lowest BCUT2D eigenvalue weighted by atomic mass is 9.85. The number of hydrogen-bond acceptors (Lipinski definition) is 9. The van der Waals surface area contributed by atoms with E-state index < -0.39 is 53.0 Å². The Balaban J connectivity index is 1.29. The van der Waals surface area contributed by atoms with Crippen LogP contribution < -0.4 is 25.4 Å². The van der Waals surface area contributed by atoms with Crippen molar-refractivity contribution < 1.29 is 38.5 Å². The zero-order valence-corrected chi connectivity index (χ0v) is 31.1. The first-order valence-electron chi connectivity index (χ1n) is 18.0. The van der Waals surface area contributed by atoms with Crippen LogP contribution >= 0.6 is 11.6 Å². The van der Waals surface area contributed by atoms with E-state index in [9.17, 15) is 24.3 Å². The molecular formula is C37H50ClN5O8. The molecule has 6 rings (SSSR count). The molecule has 3 amide bonds. The Morgan fingerprint density at radius 2 is 1.78 bits per heavy atom. The van der Waals surface area contributed by atoms with Crippen LogP contribution in [-0.4, -0.2) is 88.4 Å². The van der Waals surface area contributed by atoms with Gasteiger partial charge in [0.2, 0.25) is 11.8 Å². The Bertz CT molecular complexity index is 1700. The molecule has 3 aliphatic carbocycles. The molecule has 2 heterocycles. The highest BCUT2D eigenvalue weighted by Crippen LogP contribution is 2.52. The molecule has 0 radical (unpaired) electrons. The number of ether oxygens (including phenoxy) is 3. The first-order valence-corrected chi connectivity index (χ1v) is 18.4. The number of carbonyl (C=O) groups excluding carboxylic acids is 3. The summed E-state index contributed by atoms with van der Waals surface area (Å²) in [5.41, 5.74) is -1.69. The number of aromatic nitrogens is 1. The van der Waals surface area contributed by atoms with Crippen molar-refractivity contribution in [3.8, 4) is 11.5 Å². The molecule has 14 heteroatoms. The zero-order chi connectivity index (χ0) is 37.0. The minimum atomic E-state index is -1.39. The summed E-state index contributed by atoms with van der Waals surface area (Å²) in [5, 5.41) is 19.9. The topological polar surface area (TPSA) is 168 Å². The van der Waals surface area contributed by atoms with Crippen molar-refractivity contribution in [3.63, 3.8) is 0 Å². The molecule has 51 heavy (non-hydrogen) atoms. The maximum atomic E-state index is 14.5. The van der Waals surface area contributed by atoms with Gasteiger partial charge in [-0.25, -0.2) is 14.6 Å². The maximum absolute atomic E-state index is 14.5. The van der Waals surface area contributed by atoms with E-state index in [1.54, 1.807) is 18.2 Å². The molecule has 1 aliphatic heterocycles. The quantitative estimate of drug-likeness (QED) is 0.223. The van der Waals surface area contributed by atoms with E-state index in [0.717, 1.165) is 12.8 Å². The number of benzene rings is 1. The van der Waals surface area contributed by atoms with Crippen molar-refractivity contribution in [1.82, 2.24) is 20.5 Å². The summed E-state index contributed by atoms with van der Waals surface area (Å²) in [4.78, 5) is 60.2. The Hall–Kier alpha value is -4.00. The minimum absolute atomic E-state index is 0.00410. The molecule has 0 spiro atoms. The Morgan fingerprint density at radius 3 is 2.37 bits per heavy atom. The number of rotatable bonds is 12. The number of anilines is 1. The molecule has 4 aliphatic rings. The molecule has 8 atom stereocenters. The van der Waals surface area contributed by atoms with Crippen LogP contribution in [0.2, 0.25) is 5.02 Å². The average molecular weight is 728 g/mol. The molecule has 4 N–H and O–H groups in total. The van der Waals surface area contributed by atoms with E-state index in [1.165, 1.54) is 18.4 Å². The summed E-state index contributed by atoms with van der Waals surface area (Å²) >= 11 is 6.70. The fraction of sp³-hybridized carbons (Fsp3) is 0.649. The van der Waals surface area contributed by atoms with Gasteiger partial charge in [-0.1, -0.05) is 45.7 Å². The number of halogens is 1. The number of pyridine rings is 1. The largest absolute Gasteiger partial charge is 0.495 e. The Labute approximate surface area is 303 Å². The molecule has 1 saturated heterocycles. The average Bonchev–Trinajstić information content (AvgIpc) is 3.86. The lowest BCUT2D eigenvalue weighted by Gasteiger charge is -2.35. The fourth-order valence-corrected chi connectivity index (χ4v) is 8.14. The van der Waals surface area contributed by atoms with Crippen LogP contribution in [0, 0.1) is 23.2 Å². The number of likely N-dealkylation sites (tertiary alicyclic amines) is 1. The van der Waals surface area contributed by atoms with E-state index in [-0.39, 0.29) is 31.0 Å². The summed E-state index contributed by atoms with van der Waals surface area (Å²) in [6.07, 6.45) is 2.30. The van der Waals surface area contributed by atoms with Gasteiger partial charge >= 0.3 is 12.1 Å². The number of aliphatic carboxylic acids is 1. The number of alkyl carbamates (subject to hydrolysis) is 1. The van der Waals surface area contributed by atoms with Gasteiger partial charge in [0.05, 0.1) is 19.2 Å². The second kappa shape index (κ2) is 13.9. The summed E-state index contributed by atoms with van der Waals surface area (Å²) in [6, 6.07) is 3.20. The lowest BCUT2D eigenvalue weighted by Crippen LogP contribution is -2.59. The minimum Gasteiger partial charge on any atom is -0.495 e. The second-order valence-corrected chi connectivity index (χ2v) is 16.4. The Morgan fingerprint density at radius 1 is 1.08 bits per heavy atom. The third-order valence-corrected chi connectivity index (χ3v) is 11.2. The normalized spacial score (nSPS) is 28.5. The van der Waals surface area contributed by atoms with Crippen LogP contribution in [0.5, 0.6) is 11.5 Å². The third-order valence-electron chi connectivity index (χ3n) is 10.8. The van der Waals surface area contributed by atoms with Crippen LogP contribution in [0.3, 0.4) is 0 Å². The molecule has 4 fully saturated rings. The van der Waals surface area contributed by atoms with E-state index in [4.69, 9.17) is 30.8 Å². The molecule has 2 aromatic rings. The monoisotopic (exact) mass is 727 g/mol. The van der Waals surface area contributed by atoms with Gasteiger partial charge in [-0.15, -0.1) is 0 Å². The van der Waals surface area contributed by atoms with E-state index in [1.807, 2.05) is 41.5 Å². The highest BCUT2D eigenvalue weighted by atomic mass is 35.5. The maximum Gasteiger partial charge on any atom is 0.408 e. The highest BCUT2D eigenvalue weighted by Gasteiger charge is 2.61. The summed E-state index contributed by atoms with van der Waals surface area (Å²) in [5.74, 6) is 0.242. The number of fused-ring (bicyclic) bond motifs is 2. The third kappa shape index (κ3) is 7.50. The predicted molar refractivity (Wildman–Crippen MR) is 191 cm³/mol. The summed E-state index contributed by atoms with van der Waals surface area (Å²) in [6.45, 7) is 11.3. The number of carboxylic acid groups (broad SMARTS) is 1. The number of nitrogens with zero attached hydrogens (tertiary/aromatic N) is 2. The van der Waals surface area contributed by atoms with Crippen LogP contribution in [0.4, 0.5) is 10.6 Å². The van der Waals surface area contributed by atoms with Gasteiger partial charge in [0.1, 0.15) is 52.2 Å². The Kier molecular flexibility index (Phi) is 9.99. The number of amides is 3. The number of carbonyl (C=O) groups is 4. The number of carboxylic acids is 1. The standard InChI is InChI=1S/C37H50ClN5O8/c1-8-21-16-37(21,34(46)47)42-32(44)25-14-23(50-27-15-28(39-18(2)3)40-30-24(27)9-10-26(49-7)29(30)38)17-43(25)33(45)31(36(4,5)6)41-35(48)51-22-12-19-11-20(19)13-22/h9-10,15,18-23,25,31H,8,11-14,16-17H2,1-7H3,(H,39,40)(H,41,48)(H,42,44)(H,46,47)/t19-,20+,21-,22+,23-,25+,31-,37-/m1/s1. The number of methoxy groups -OCH3 is 1. The van der Waals surface area contributed by atoms with E-state index in [2.05, 4.69) is 16.0 Å². The number of hydrogen-bond donors (Lipinski definition) is 4. The van der Waals surface area contributed by atoms with Gasteiger partial charge in [-0.2, -0.15) is 0 Å². The predicted octanol–water partition coefficient (Wildman–Crippen LogP) is 5.37. The van der Waals surface area contributed by atoms with E-state index in [0.29, 0.717) is 57.9 Å². The van der Waals surface area contributed by atoms with Gasteiger partial charge in [-0.05, 0) is 74.8 Å². The first kappa shape index (κ1) is 36.8. The molecule has 0 bridgehead atoms. The highest BCUT2D eigenvalue weighted by molar-refractivity contribution is 6.36. The summed E-state index contributed by atoms with van der Waals surface area (Å²) in [7, 11) is 1.52. The van der Waals surface area contributed by atoms with Gasteiger partial charge in [0.15, 0.2) is 0 Å². The van der Waals surface area contributed by atoms with Gasteiger partial charge in [0, 0.05) is 23.9 Å². The lowest BCUT2D eigenvalue weighted by molar-refractivity contribution is -0.146. The first-order chi connectivity index (χ1) is 24.0. The van der Waals surface area contributed by atoms with Crippen molar-refractivity contribution in [1.29, 1.82) is 0 Å². The van der Waals surface area contributed by atoms with Crippen molar-refractivity contribution in [2.75, 3.05) is 19.0 Å². The number of nitrogens with one attached hydrogen (secondary N) is 3. The second-order valence-electron chi connectivity index (χ2n) is 16.0. The van der Waals surface area contributed by atoms with Crippen LogP contribution in [0.1, 0.15) is 80.1 Å². The fourth-order valence-electron chi connectivity index (χ4n) is 7.86. The van der Waals surface area contributed by atoms with E-state index >= 15 is 0 Å². The SMILES string of the molecule is CC[C@@H]1C[C@]1(NC(=O)[C@@H]1C[C@@H](Oc2cc(NC(C)C)nc3c(Cl)c(OC)ccc23)CN1C(=O)[C@@H](NC(=O)O[C@@H]1C[C@@H]2C[C@@H]2C1)C(C)(C)C)C(=O)O. The van der Waals surface area contributed by atoms with Crippen molar-refractivity contribution >= 4 is 52.2 Å². The molecule has 13 nitrogen and oxygen atoms in total. The molecule has 1 aromatic heterocycles. The van der Waals surface area contributed by atoms with Crippen molar-refractivity contribution in [3.05, 3.63) is 23.2 Å². The van der Waals surface area contributed by atoms with Crippen LogP contribution in [0.15, 0.2) is 18.2 Å². The zero-order valence-electron chi connectivity index (χ0n) is 30.4. The van der Waals surface area contributed by atoms with Gasteiger partial charge < -0.3 is 40.2 Å². The van der Waals surface area contributed by atoms with Gasteiger partial charge in [-0.3, -0.25) is 9.59 Å². The smallest absolute Gasteiger partial charge is 0.408 e. The van der Waals surface area contributed by atoms with Gasteiger partial charge in [0.25, 0.3) is 0 Å². The molecule has 278 valence electrons. The molecule has 0 unspecified atom stereocenters. The molecule has 3 saturated carbocycles. The summed E-state index contributed by atoms with van der Waals surface area (Å²) < 4.78 is 17.8. The molecular weight excluding hydrogens is 678 g/mol. The van der Waals surface area contributed by atoms with Crippen LogP contribution in [0.25, 0.3) is 10.9 Å². The van der Waals surface area contributed by atoms with Crippen LogP contribution in [-0.2, 0) is 19.1 Å².